The molecule has 6 nitrogen and oxygen atoms in total. The molecule has 94 valence electrons. The van der Waals surface area contributed by atoms with Gasteiger partial charge in [-0.3, -0.25) is 9.78 Å². The number of hydrogen-bond acceptors (Lipinski definition) is 3. The maximum atomic E-state index is 11.8. The number of amides is 1. The van der Waals surface area contributed by atoms with E-state index in [1.807, 2.05) is 19.1 Å². The van der Waals surface area contributed by atoms with Gasteiger partial charge >= 0.3 is 5.69 Å². The summed E-state index contributed by atoms with van der Waals surface area (Å²) in [4.78, 5) is 25.4. The van der Waals surface area contributed by atoms with Crippen LogP contribution in [0.1, 0.15) is 16.2 Å². The van der Waals surface area contributed by atoms with Gasteiger partial charge < -0.3 is 5.32 Å². The van der Waals surface area contributed by atoms with Crippen molar-refractivity contribution in [3.05, 3.63) is 44.5 Å². The molecule has 0 fully saturated rings. The third kappa shape index (κ3) is 2.51. The first kappa shape index (κ1) is 12.6. The van der Waals surface area contributed by atoms with Crippen LogP contribution in [0.5, 0.6) is 0 Å². The molecule has 0 spiro atoms. The number of aromatic nitrogens is 3. The van der Waals surface area contributed by atoms with E-state index in [9.17, 15) is 9.59 Å². The summed E-state index contributed by atoms with van der Waals surface area (Å²) in [5, 5.41) is 6.47. The molecule has 0 bridgehead atoms. The van der Waals surface area contributed by atoms with Crippen LogP contribution in [0.4, 0.5) is 5.69 Å². The fourth-order valence-electron chi connectivity index (χ4n) is 1.45. The molecule has 1 aromatic heterocycles. The van der Waals surface area contributed by atoms with Crippen molar-refractivity contribution in [2.75, 3.05) is 5.32 Å². The maximum absolute atomic E-state index is 11.8. The van der Waals surface area contributed by atoms with E-state index in [1.165, 1.54) is 7.05 Å². The van der Waals surface area contributed by atoms with E-state index < -0.39 is 11.6 Å². The average molecular weight is 311 g/mol. The molecule has 1 heterocycles. The van der Waals surface area contributed by atoms with Gasteiger partial charge in [0.05, 0.1) is 0 Å². The van der Waals surface area contributed by atoms with E-state index >= 15 is 0 Å². The lowest BCUT2D eigenvalue weighted by molar-refractivity contribution is 0.101. The van der Waals surface area contributed by atoms with Crippen LogP contribution in [0.25, 0.3) is 0 Å². The highest BCUT2D eigenvalue weighted by Gasteiger charge is 2.12. The third-order valence-corrected chi connectivity index (χ3v) is 2.91. The second kappa shape index (κ2) is 4.77. The number of benzene rings is 1. The lowest BCUT2D eigenvalue weighted by Gasteiger charge is -2.06. The molecular formula is C11H11BrN4O2. The van der Waals surface area contributed by atoms with Crippen molar-refractivity contribution in [1.82, 2.24) is 14.8 Å². The Hall–Kier alpha value is -1.89. The second-order valence-corrected chi connectivity index (χ2v) is 4.73. The number of anilines is 1. The molecule has 0 unspecified atom stereocenters. The number of rotatable bonds is 2. The van der Waals surface area contributed by atoms with Gasteiger partial charge in [0.2, 0.25) is 5.82 Å². The fourth-order valence-corrected chi connectivity index (χ4v) is 1.93. The summed E-state index contributed by atoms with van der Waals surface area (Å²) in [7, 11) is 1.47. The van der Waals surface area contributed by atoms with Gasteiger partial charge in [0.25, 0.3) is 5.91 Å². The summed E-state index contributed by atoms with van der Waals surface area (Å²) in [5.74, 6) is -0.456. The van der Waals surface area contributed by atoms with Gasteiger partial charge in [0.1, 0.15) is 0 Å². The molecule has 0 aliphatic rings. The minimum Gasteiger partial charge on any atom is -0.319 e. The van der Waals surface area contributed by atoms with Crippen LogP contribution in [-0.4, -0.2) is 20.7 Å². The topological polar surface area (TPSA) is 79.8 Å². The molecule has 18 heavy (non-hydrogen) atoms. The summed E-state index contributed by atoms with van der Waals surface area (Å²) >= 11 is 3.34. The molecule has 0 aliphatic carbocycles. The van der Waals surface area contributed by atoms with Crippen LogP contribution in [-0.2, 0) is 7.05 Å². The molecule has 0 radical (unpaired) electrons. The molecule has 1 aromatic carbocycles. The van der Waals surface area contributed by atoms with Gasteiger partial charge in [0, 0.05) is 17.2 Å². The van der Waals surface area contributed by atoms with Crippen LogP contribution in [0, 0.1) is 6.92 Å². The summed E-state index contributed by atoms with van der Waals surface area (Å²) in [6.45, 7) is 1.88. The highest BCUT2D eigenvalue weighted by Crippen LogP contribution is 2.20. The maximum Gasteiger partial charge on any atom is 0.343 e. The quantitative estimate of drug-likeness (QED) is 0.880. The monoisotopic (exact) mass is 310 g/mol. The van der Waals surface area contributed by atoms with Gasteiger partial charge in [0.15, 0.2) is 0 Å². The standard InChI is InChI=1S/C11H11BrN4O2/c1-6-5-7(12)3-4-8(6)13-10(17)9-14-11(18)16(2)15-9/h3-5H,1-2H3,(H,13,17)(H,14,15,18). The number of carbonyl (C=O) groups excluding carboxylic acids is 1. The predicted molar refractivity (Wildman–Crippen MR) is 70.7 cm³/mol. The van der Waals surface area contributed by atoms with Crippen molar-refractivity contribution in [3.8, 4) is 0 Å². The first-order valence-corrected chi connectivity index (χ1v) is 5.97. The van der Waals surface area contributed by atoms with Crippen molar-refractivity contribution in [1.29, 1.82) is 0 Å². The van der Waals surface area contributed by atoms with Crippen LogP contribution < -0.4 is 11.0 Å². The van der Waals surface area contributed by atoms with E-state index in [1.54, 1.807) is 6.07 Å². The number of hydrogen-bond donors (Lipinski definition) is 2. The fraction of sp³-hybridized carbons (Fsp3) is 0.182. The predicted octanol–water partition coefficient (Wildman–Crippen LogP) is 1.43. The van der Waals surface area contributed by atoms with Crippen molar-refractivity contribution >= 4 is 27.5 Å². The lowest BCUT2D eigenvalue weighted by Crippen LogP contribution is -2.15. The summed E-state index contributed by atoms with van der Waals surface area (Å²) in [5.41, 5.74) is 1.17. The summed E-state index contributed by atoms with van der Waals surface area (Å²) in [6.07, 6.45) is 0. The molecule has 1 amide bonds. The first-order chi connectivity index (χ1) is 8.47. The smallest absolute Gasteiger partial charge is 0.319 e. The zero-order chi connectivity index (χ0) is 13.3. The van der Waals surface area contributed by atoms with Gasteiger partial charge in [-0.25, -0.2) is 9.48 Å². The Morgan fingerprint density at radius 1 is 1.50 bits per heavy atom. The number of halogens is 1. The number of nitrogens with one attached hydrogen (secondary N) is 2. The van der Waals surface area contributed by atoms with Gasteiger partial charge in [-0.2, -0.15) is 0 Å². The molecule has 2 rings (SSSR count). The van der Waals surface area contributed by atoms with Gasteiger partial charge in [-0.15, -0.1) is 5.10 Å². The normalized spacial score (nSPS) is 10.4. The minimum absolute atomic E-state index is 0.00943. The molecule has 0 saturated heterocycles. The molecule has 7 heteroatoms. The molecular weight excluding hydrogens is 300 g/mol. The SMILES string of the molecule is Cc1cc(Br)ccc1NC(=O)c1nn(C)c(=O)[nH]1. The molecule has 2 N–H and O–H groups in total. The van der Waals surface area contributed by atoms with E-state index in [4.69, 9.17) is 0 Å². The Bertz CT molecular complexity index is 659. The van der Waals surface area contributed by atoms with E-state index in [-0.39, 0.29) is 5.82 Å². The first-order valence-electron chi connectivity index (χ1n) is 5.18. The number of nitrogens with zero attached hydrogens (tertiary/aromatic N) is 2. The number of aryl methyl sites for hydroxylation is 2. The lowest BCUT2D eigenvalue weighted by atomic mass is 10.2. The number of carbonyl (C=O) groups is 1. The second-order valence-electron chi connectivity index (χ2n) is 3.82. The van der Waals surface area contributed by atoms with Gasteiger partial charge in [-0.05, 0) is 30.7 Å². The Morgan fingerprint density at radius 3 is 2.78 bits per heavy atom. The third-order valence-electron chi connectivity index (χ3n) is 2.42. The number of aromatic amines is 1. The summed E-state index contributed by atoms with van der Waals surface area (Å²) in [6, 6.07) is 5.49. The highest BCUT2D eigenvalue weighted by molar-refractivity contribution is 9.10. The Labute approximate surface area is 111 Å². The van der Waals surface area contributed by atoms with E-state index in [0.29, 0.717) is 5.69 Å². The van der Waals surface area contributed by atoms with E-state index in [2.05, 4.69) is 31.3 Å². The van der Waals surface area contributed by atoms with E-state index in [0.717, 1.165) is 14.7 Å². The van der Waals surface area contributed by atoms with Gasteiger partial charge in [-0.1, -0.05) is 15.9 Å². The average Bonchev–Trinajstić information content (AvgIpc) is 2.63. The largest absolute Gasteiger partial charge is 0.343 e. The Balaban J connectivity index is 2.23. The van der Waals surface area contributed by atoms with Crippen LogP contribution in [0.3, 0.4) is 0 Å². The zero-order valence-corrected chi connectivity index (χ0v) is 11.4. The van der Waals surface area contributed by atoms with Crippen LogP contribution in [0.2, 0.25) is 0 Å². The molecule has 0 atom stereocenters. The zero-order valence-electron chi connectivity index (χ0n) is 9.82. The Kier molecular flexibility index (Phi) is 3.33. The molecule has 0 aliphatic heterocycles. The Morgan fingerprint density at radius 2 is 2.22 bits per heavy atom. The van der Waals surface area contributed by atoms with Crippen molar-refractivity contribution in [3.63, 3.8) is 0 Å². The molecule has 0 saturated carbocycles. The minimum atomic E-state index is -0.446. The number of H-pyrrole nitrogens is 1. The molecule has 2 aromatic rings. The van der Waals surface area contributed by atoms with Crippen molar-refractivity contribution in [2.24, 2.45) is 7.05 Å². The highest BCUT2D eigenvalue weighted by atomic mass is 79.9. The van der Waals surface area contributed by atoms with Crippen LogP contribution in [0.15, 0.2) is 27.5 Å². The summed E-state index contributed by atoms with van der Waals surface area (Å²) < 4.78 is 2.01. The van der Waals surface area contributed by atoms with Crippen LogP contribution >= 0.6 is 15.9 Å². The van der Waals surface area contributed by atoms with Crippen molar-refractivity contribution < 1.29 is 4.79 Å². The van der Waals surface area contributed by atoms with Crippen molar-refractivity contribution in [2.45, 2.75) is 6.92 Å².